The lowest BCUT2D eigenvalue weighted by Gasteiger charge is -2.29. The molecule has 0 unspecified atom stereocenters. The van der Waals surface area contributed by atoms with Gasteiger partial charge in [-0.1, -0.05) is 53.7 Å². The van der Waals surface area contributed by atoms with Crippen molar-refractivity contribution in [3.63, 3.8) is 0 Å². The van der Waals surface area contributed by atoms with Crippen LogP contribution in [0.2, 0.25) is 0 Å². The molecule has 0 spiro atoms. The number of hydrogen-bond donors (Lipinski definition) is 3. The molecule has 2 fully saturated rings. The van der Waals surface area contributed by atoms with Gasteiger partial charge in [-0.15, -0.1) is 17.0 Å². The molecule has 3 N–H and O–H groups in total. The molecule has 0 amide bonds. The molecular weight excluding hydrogens is 1020 g/mol. The van der Waals surface area contributed by atoms with Gasteiger partial charge in [-0.25, -0.2) is 19.9 Å². The number of anilines is 4. The van der Waals surface area contributed by atoms with Crippen LogP contribution in [-0.4, -0.2) is 120 Å². The van der Waals surface area contributed by atoms with Crippen LogP contribution in [0, 0.1) is 22.7 Å². The van der Waals surface area contributed by atoms with Gasteiger partial charge in [0.15, 0.2) is 0 Å². The number of pyridine rings is 4. The van der Waals surface area contributed by atoms with E-state index in [9.17, 15) is 20.1 Å². The van der Waals surface area contributed by atoms with Crippen molar-refractivity contribution in [2.24, 2.45) is 0 Å². The predicted octanol–water partition coefficient (Wildman–Crippen LogP) is 6.92. The summed E-state index contributed by atoms with van der Waals surface area (Å²) in [7, 11) is 8.31. The average molecular weight is 1080 g/mol. The molecule has 6 aromatic rings. The second-order valence-corrected chi connectivity index (χ2v) is 19.4. The summed E-state index contributed by atoms with van der Waals surface area (Å²) in [6, 6.07) is 15.4. The maximum absolute atomic E-state index is 13.0. The smallest absolute Gasteiger partial charge is 0.270 e. The Balaban J connectivity index is 0.000000184. The van der Waals surface area contributed by atoms with Gasteiger partial charge in [0.1, 0.15) is 46.2 Å². The molecule has 4 aliphatic rings. The van der Waals surface area contributed by atoms with E-state index in [1.807, 2.05) is 24.3 Å². The first kappa shape index (κ1) is 52.1. The molecule has 0 radical (unpaired) electrons. The minimum absolute atomic E-state index is 0. The fraction of sp³-hybridized carbons (Fsp3) is 0.480. The van der Waals surface area contributed by atoms with E-state index in [-0.39, 0.29) is 51.3 Å². The number of likely N-dealkylation sites (N-methyl/N-ethyl adjacent to an activating group) is 1. The number of fused-ring (bicyclic) bond motifs is 4. The highest BCUT2D eigenvalue weighted by atomic mass is 79.9. The third-order valence-corrected chi connectivity index (χ3v) is 13.4. The van der Waals surface area contributed by atoms with Gasteiger partial charge in [-0.2, -0.15) is 20.5 Å². The highest BCUT2D eigenvalue weighted by Gasteiger charge is 2.25. The summed E-state index contributed by atoms with van der Waals surface area (Å²) in [5.74, 6) is 2.19. The summed E-state index contributed by atoms with van der Waals surface area (Å²) in [5.41, 5.74) is 5.54. The molecule has 368 valence electrons. The number of rotatable bonds is 11. The van der Waals surface area contributed by atoms with Crippen LogP contribution in [0.15, 0.2) is 58.4 Å². The van der Waals surface area contributed by atoms with Crippen LogP contribution < -0.4 is 27.1 Å². The molecule has 18 nitrogen and oxygen atoms in total. The lowest BCUT2D eigenvalue weighted by atomic mass is 10.1. The van der Waals surface area contributed by atoms with Gasteiger partial charge in [0.05, 0.1) is 0 Å². The van der Waals surface area contributed by atoms with E-state index in [4.69, 9.17) is 15.0 Å². The molecule has 2 aliphatic carbocycles. The van der Waals surface area contributed by atoms with Crippen LogP contribution in [0.5, 0.6) is 0 Å². The van der Waals surface area contributed by atoms with Gasteiger partial charge in [0.2, 0.25) is 11.9 Å². The quantitative estimate of drug-likeness (QED) is 0.112. The van der Waals surface area contributed by atoms with E-state index in [1.165, 1.54) is 11.1 Å². The van der Waals surface area contributed by atoms with Gasteiger partial charge < -0.3 is 25.8 Å². The Morgan fingerprint density at radius 3 is 1.69 bits per heavy atom. The molecule has 0 aromatic carbocycles. The Morgan fingerprint density at radius 2 is 1.21 bits per heavy atom. The predicted molar refractivity (Wildman–Crippen MR) is 283 cm³/mol. The molecule has 0 saturated heterocycles. The summed E-state index contributed by atoms with van der Waals surface area (Å²) in [4.78, 5) is 60.3. The molecule has 20 heteroatoms. The minimum atomic E-state index is -0.268. The Labute approximate surface area is 427 Å². The third-order valence-electron chi connectivity index (χ3n) is 13.1. The molecular formula is C50H62Br2N16O2. The number of hydrogen-bond acceptors (Lipinski definition) is 16. The number of nitrogens with one attached hydrogen (secondary N) is 3. The van der Waals surface area contributed by atoms with Crippen LogP contribution in [0.25, 0.3) is 22.1 Å². The Morgan fingerprint density at radius 1 is 0.714 bits per heavy atom. The number of alkyl halides is 1. The number of nitriles is 2. The minimum Gasteiger partial charge on any atom is -0.312 e. The number of nitrogens with zero attached hydrogens (tertiary/aromatic N) is 13. The van der Waals surface area contributed by atoms with Crippen molar-refractivity contribution in [3.8, 4) is 12.1 Å². The summed E-state index contributed by atoms with van der Waals surface area (Å²) < 4.78 is 3.40. The molecule has 70 heavy (non-hydrogen) atoms. The van der Waals surface area contributed by atoms with Crippen molar-refractivity contribution in [2.45, 2.75) is 89.4 Å². The summed E-state index contributed by atoms with van der Waals surface area (Å²) in [6.45, 7) is 6.89. The first-order chi connectivity index (χ1) is 33.5. The van der Waals surface area contributed by atoms with Gasteiger partial charge in [-0.3, -0.25) is 23.6 Å². The summed E-state index contributed by atoms with van der Waals surface area (Å²) >= 11 is 3.31. The number of aromatic nitrogens is 8. The van der Waals surface area contributed by atoms with Crippen LogP contribution >= 0.6 is 32.9 Å². The third kappa shape index (κ3) is 12.6. The van der Waals surface area contributed by atoms with Crippen molar-refractivity contribution in [1.29, 1.82) is 10.5 Å². The first-order valence-electron chi connectivity index (χ1n) is 24.0. The van der Waals surface area contributed by atoms with E-state index in [0.29, 0.717) is 45.6 Å². The zero-order valence-corrected chi connectivity index (χ0v) is 43.7. The van der Waals surface area contributed by atoms with Crippen LogP contribution in [0.4, 0.5) is 23.5 Å². The molecule has 6 aromatic heterocycles. The maximum Gasteiger partial charge on any atom is 0.270 e. The van der Waals surface area contributed by atoms with Crippen molar-refractivity contribution in [3.05, 3.63) is 103 Å². The highest BCUT2D eigenvalue weighted by Crippen LogP contribution is 2.32. The molecule has 2 aliphatic heterocycles. The van der Waals surface area contributed by atoms with E-state index in [1.54, 1.807) is 33.7 Å². The lowest BCUT2D eigenvalue weighted by Crippen LogP contribution is -2.36. The van der Waals surface area contributed by atoms with E-state index in [0.717, 1.165) is 127 Å². The van der Waals surface area contributed by atoms with Gasteiger partial charge in [-0.05, 0) is 89.3 Å². The summed E-state index contributed by atoms with van der Waals surface area (Å²) in [5, 5.41) is 31.0. The fourth-order valence-corrected chi connectivity index (χ4v) is 10.1. The zero-order chi connectivity index (χ0) is 48.4. The second kappa shape index (κ2) is 24.4. The average Bonchev–Trinajstić information content (AvgIpc) is 4.10. The van der Waals surface area contributed by atoms with Gasteiger partial charge >= 0.3 is 0 Å². The van der Waals surface area contributed by atoms with E-state index >= 15 is 0 Å². The lowest BCUT2D eigenvalue weighted by molar-refractivity contribution is 0.224. The Bertz CT molecular complexity index is 2990. The molecule has 0 atom stereocenters. The second-order valence-electron chi connectivity index (χ2n) is 18.6. The van der Waals surface area contributed by atoms with Crippen molar-refractivity contribution < 1.29 is 0 Å². The van der Waals surface area contributed by atoms with Crippen LogP contribution in [0.1, 0.15) is 97.1 Å². The van der Waals surface area contributed by atoms with E-state index < -0.39 is 0 Å². The van der Waals surface area contributed by atoms with Gasteiger partial charge in [0, 0.05) is 111 Å². The van der Waals surface area contributed by atoms with Gasteiger partial charge in [0.25, 0.3) is 11.1 Å². The Hall–Kier alpha value is -5.74. The molecule has 2 saturated carbocycles. The van der Waals surface area contributed by atoms with Crippen molar-refractivity contribution >= 4 is 78.5 Å². The van der Waals surface area contributed by atoms with Crippen molar-refractivity contribution in [2.75, 3.05) is 76.9 Å². The number of halogens is 2. The Kier molecular flexibility index (Phi) is 18.2. The van der Waals surface area contributed by atoms with Crippen molar-refractivity contribution in [1.82, 2.24) is 59.1 Å². The SMILES string of the molecule is Br.CN(C)CCBr.CN(C)CCN1CCc2nc(Nc3ncc4cc(C#N)c(=O)n(C5CCCC5)c4n3)ccc2C1.N#Cc1cc2cnc(Nc3ccc4c(n3)CCNC4)nc2n(C2CCCC2)c1=O. The van der Waals surface area contributed by atoms with Crippen LogP contribution in [-0.2, 0) is 25.9 Å². The largest absolute Gasteiger partial charge is 0.312 e. The topological polar surface area (TPSA) is 215 Å². The molecule has 0 bridgehead atoms. The maximum atomic E-state index is 13.0. The fourth-order valence-electron chi connectivity index (χ4n) is 9.40. The van der Waals surface area contributed by atoms with E-state index in [2.05, 4.69) is 102 Å². The normalized spacial score (nSPS) is 15.8. The first-order valence-corrected chi connectivity index (χ1v) is 25.1. The standard InChI is InChI=1S/C25H30N8O.C21H21N7O.C4H10BrN.BrH/c1-31(2)11-12-32-10-9-21-17(16-32)7-8-22(28-21)29-25-27-15-19-13-18(14-26)24(34)33(23(19)30-25)20-5-3-4-6-20;22-10-14-9-15-12-24-21(26-18-6-5-13-11-23-8-7-17(13)25-18)27-19(15)28(20(14)29)16-3-1-2-4-16;1-6(2)4-3-5;/h7-8,13,15,20H,3-6,9-12,16H2,1-2H3,(H,27,28,29,30);5-6,9,12,16,23H,1-4,7-8,11H2,(H,24,25,26,27);3-4H2,1-2H3;1H. The molecule has 8 heterocycles. The highest BCUT2D eigenvalue weighted by molar-refractivity contribution is 9.09. The monoisotopic (exact) mass is 1080 g/mol. The summed E-state index contributed by atoms with van der Waals surface area (Å²) in [6.07, 6.45) is 13.2. The molecule has 10 rings (SSSR count). The van der Waals surface area contributed by atoms with Crippen LogP contribution in [0.3, 0.4) is 0 Å². The zero-order valence-electron chi connectivity index (χ0n) is 40.4.